The van der Waals surface area contributed by atoms with E-state index in [2.05, 4.69) is 25.2 Å². The Bertz CT molecular complexity index is 309. The molecule has 1 saturated heterocycles. The van der Waals surface area contributed by atoms with Gasteiger partial charge >= 0.3 is 110 Å². The van der Waals surface area contributed by atoms with Crippen molar-refractivity contribution in [3.05, 3.63) is 23.8 Å². The summed E-state index contributed by atoms with van der Waals surface area (Å²) in [4.78, 5) is 0. The monoisotopic (exact) mass is 329 g/mol. The van der Waals surface area contributed by atoms with Gasteiger partial charge in [-0.3, -0.25) is 0 Å². The Labute approximate surface area is 110 Å². The second kappa shape index (κ2) is 4.83. The van der Waals surface area contributed by atoms with Crippen LogP contribution in [0.25, 0.3) is 0 Å². The van der Waals surface area contributed by atoms with E-state index >= 15 is 0 Å². The van der Waals surface area contributed by atoms with Crippen molar-refractivity contribution < 1.29 is 21.2 Å². The topological polar surface area (TPSA) is 0 Å². The summed E-state index contributed by atoms with van der Waals surface area (Å²) in [5.41, 5.74) is 1.52. The molecule has 3 rings (SSSR count). The molecule has 1 heterocycles. The SMILES string of the molecule is CC1=C[C@@H]2C(C=C1)[I-]CC2C1CCCCC1. The number of rotatable bonds is 1. The molecule has 2 fully saturated rings. The van der Waals surface area contributed by atoms with Crippen LogP contribution in [0.4, 0.5) is 0 Å². The number of allylic oxidation sites excluding steroid dienone is 4. The van der Waals surface area contributed by atoms with Gasteiger partial charge in [0.15, 0.2) is 0 Å². The van der Waals surface area contributed by atoms with Crippen molar-refractivity contribution in [2.75, 3.05) is 4.43 Å². The van der Waals surface area contributed by atoms with Gasteiger partial charge in [-0.05, 0) is 0 Å². The van der Waals surface area contributed by atoms with Crippen LogP contribution in [0, 0.1) is 17.8 Å². The van der Waals surface area contributed by atoms with Crippen molar-refractivity contribution in [1.29, 1.82) is 0 Å². The zero-order valence-corrected chi connectivity index (χ0v) is 12.3. The van der Waals surface area contributed by atoms with Crippen LogP contribution >= 0.6 is 0 Å². The van der Waals surface area contributed by atoms with Gasteiger partial charge in [-0.15, -0.1) is 0 Å². The molecule has 2 aliphatic carbocycles. The Balaban J connectivity index is 1.74. The molecule has 2 unspecified atom stereocenters. The molecule has 0 bridgehead atoms. The fourth-order valence-corrected chi connectivity index (χ4v) is 7.96. The minimum absolute atomic E-state index is 0.463. The maximum absolute atomic E-state index is 2.61. The van der Waals surface area contributed by atoms with Gasteiger partial charge in [0.25, 0.3) is 0 Å². The van der Waals surface area contributed by atoms with Crippen LogP contribution in [0.3, 0.4) is 0 Å². The van der Waals surface area contributed by atoms with E-state index in [-0.39, 0.29) is 0 Å². The van der Waals surface area contributed by atoms with E-state index in [0.717, 1.165) is 21.7 Å². The molecule has 0 aromatic heterocycles. The molecule has 3 aliphatic rings. The van der Waals surface area contributed by atoms with Crippen molar-refractivity contribution in [3.8, 4) is 0 Å². The Morgan fingerprint density at radius 1 is 1.19 bits per heavy atom. The molecular weight excluding hydrogens is 307 g/mol. The molecule has 90 valence electrons. The van der Waals surface area contributed by atoms with Gasteiger partial charge in [-0.25, -0.2) is 0 Å². The van der Waals surface area contributed by atoms with Crippen LogP contribution in [0.1, 0.15) is 39.0 Å². The van der Waals surface area contributed by atoms with E-state index in [1.165, 1.54) is 37.7 Å². The van der Waals surface area contributed by atoms with E-state index < -0.39 is 0 Å². The van der Waals surface area contributed by atoms with Gasteiger partial charge in [-0.1, -0.05) is 0 Å². The number of halogens is 1. The van der Waals surface area contributed by atoms with Crippen LogP contribution in [0.15, 0.2) is 23.8 Å². The van der Waals surface area contributed by atoms with Crippen LogP contribution < -0.4 is 21.2 Å². The van der Waals surface area contributed by atoms with Crippen molar-refractivity contribution >= 4 is 0 Å². The van der Waals surface area contributed by atoms with Crippen molar-refractivity contribution in [3.63, 3.8) is 0 Å². The summed E-state index contributed by atoms with van der Waals surface area (Å²) in [5.74, 6) is 3.10. The predicted molar refractivity (Wildman–Crippen MR) is 65.1 cm³/mol. The van der Waals surface area contributed by atoms with Crippen LogP contribution in [0.2, 0.25) is 0 Å². The Morgan fingerprint density at radius 2 is 2.00 bits per heavy atom. The average molecular weight is 329 g/mol. The average Bonchev–Trinajstić information content (AvgIpc) is 2.73. The van der Waals surface area contributed by atoms with Crippen molar-refractivity contribution in [1.82, 2.24) is 0 Å². The van der Waals surface area contributed by atoms with Gasteiger partial charge in [0, 0.05) is 0 Å². The van der Waals surface area contributed by atoms with Gasteiger partial charge in [0.1, 0.15) is 0 Å². The molecule has 0 aromatic rings. The molecule has 1 aliphatic heterocycles. The summed E-state index contributed by atoms with van der Waals surface area (Å²) in [6.45, 7) is 2.28. The first-order valence-corrected chi connectivity index (χ1v) is 9.56. The molecule has 0 amide bonds. The van der Waals surface area contributed by atoms with Gasteiger partial charge in [-0.2, -0.15) is 0 Å². The third kappa shape index (κ3) is 2.12. The standard InChI is InChI=1S/C15H22I/c1-11-7-8-15-13(9-11)14(10-16-15)12-5-3-2-4-6-12/h7-9,12-15H,2-6,10H2,1H3/q-1/t13-,14?,15?/m0/s1. The number of hydrogen-bond donors (Lipinski definition) is 0. The molecule has 3 atom stereocenters. The molecular formula is C15H22I-. The van der Waals surface area contributed by atoms with Crippen molar-refractivity contribution in [2.45, 2.75) is 43.0 Å². The molecule has 16 heavy (non-hydrogen) atoms. The maximum atomic E-state index is 2.61. The van der Waals surface area contributed by atoms with Crippen LogP contribution in [-0.4, -0.2) is 8.35 Å². The number of alkyl halides is 2. The minimum atomic E-state index is 0.463. The summed E-state index contributed by atoms with van der Waals surface area (Å²) >= 11 is 0.463. The van der Waals surface area contributed by atoms with Gasteiger partial charge in [0.05, 0.1) is 0 Å². The zero-order valence-electron chi connectivity index (χ0n) is 10.2. The van der Waals surface area contributed by atoms with Gasteiger partial charge < -0.3 is 0 Å². The third-order valence-corrected chi connectivity index (χ3v) is 8.35. The normalized spacial score (nSPS) is 40.1. The molecule has 0 N–H and O–H groups in total. The molecule has 0 spiro atoms. The van der Waals surface area contributed by atoms with E-state index in [9.17, 15) is 0 Å². The molecule has 0 aromatic carbocycles. The van der Waals surface area contributed by atoms with Crippen LogP contribution in [-0.2, 0) is 0 Å². The molecule has 0 radical (unpaired) electrons. The second-order valence-electron chi connectivity index (χ2n) is 5.66. The predicted octanol–water partition coefficient (Wildman–Crippen LogP) is 0.786. The Kier molecular flexibility index (Phi) is 3.42. The first-order valence-electron chi connectivity index (χ1n) is 6.79. The summed E-state index contributed by atoms with van der Waals surface area (Å²) in [6, 6.07) is 0. The second-order valence-corrected chi connectivity index (χ2v) is 8.86. The van der Waals surface area contributed by atoms with E-state index in [1.54, 1.807) is 4.43 Å². The van der Waals surface area contributed by atoms with E-state index in [1.807, 2.05) is 0 Å². The fourth-order valence-electron chi connectivity index (χ4n) is 3.65. The molecule has 0 nitrogen and oxygen atoms in total. The van der Waals surface area contributed by atoms with Gasteiger partial charge in [0.2, 0.25) is 0 Å². The number of hydrogen-bond acceptors (Lipinski definition) is 0. The number of fused-ring (bicyclic) bond motifs is 1. The summed E-state index contributed by atoms with van der Waals surface area (Å²) in [7, 11) is 0. The van der Waals surface area contributed by atoms with E-state index in [4.69, 9.17) is 0 Å². The Hall–Kier alpha value is 0.210. The summed E-state index contributed by atoms with van der Waals surface area (Å²) in [5, 5.41) is 0. The Morgan fingerprint density at radius 3 is 2.81 bits per heavy atom. The van der Waals surface area contributed by atoms with Crippen LogP contribution in [0.5, 0.6) is 0 Å². The zero-order chi connectivity index (χ0) is 11.0. The van der Waals surface area contributed by atoms with E-state index in [0.29, 0.717) is 21.2 Å². The van der Waals surface area contributed by atoms with Crippen molar-refractivity contribution in [2.24, 2.45) is 17.8 Å². The quantitative estimate of drug-likeness (QED) is 0.493. The molecule has 1 heteroatoms. The first kappa shape index (κ1) is 11.3. The summed E-state index contributed by atoms with van der Waals surface area (Å²) < 4.78 is 2.60. The fraction of sp³-hybridized carbons (Fsp3) is 0.733. The first-order chi connectivity index (χ1) is 7.84. The summed E-state index contributed by atoms with van der Waals surface area (Å²) in [6.07, 6.45) is 15.1. The molecule has 1 saturated carbocycles. The third-order valence-electron chi connectivity index (χ3n) is 4.56.